The third-order valence-corrected chi connectivity index (χ3v) is 4.76. The largest absolute Gasteiger partial charge is 0.459 e. The minimum atomic E-state index is -3.94. The number of hydrogen-bond acceptors (Lipinski definition) is 6. The number of nitrogens with zero attached hydrogens (tertiary/aromatic N) is 1. The number of hydrazone groups is 1. The smallest absolute Gasteiger partial charge is 0.339 e. The van der Waals surface area contributed by atoms with Crippen LogP contribution in [-0.4, -0.2) is 20.5 Å². The zero-order valence-electron chi connectivity index (χ0n) is 14.3. The van der Waals surface area contributed by atoms with Crippen LogP contribution in [0.1, 0.15) is 21.7 Å². The fourth-order valence-electron chi connectivity index (χ4n) is 2.15. The normalized spacial score (nSPS) is 11.4. The Hall–Kier alpha value is -3.39. The van der Waals surface area contributed by atoms with Crippen LogP contribution in [0.4, 0.5) is 0 Å². The summed E-state index contributed by atoms with van der Waals surface area (Å²) in [6, 6.07) is 15.8. The molecule has 0 unspecified atom stereocenters. The predicted molar refractivity (Wildman–Crippen MR) is 99.2 cm³/mol. The molecule has 0 spiro atoms. The van der Waals surface area contributed by atoms with E-state index < -0.39 is 16.0 Å². The zero-order chi connectivity index (χ0) is 19.3. The van der Waals surface area contributed by atoms with Crippen molar-refractivity contribution in [1.82, 2.24) is 5.43 Å². The SMILES string of the molecule is Cc1ccc(S(=O)(=O)Oc2cccc(/C=N\NC(=O)c3ccco3)c2)cc1. The molecule has 1 heterocycles. The third-order valence-electron chi connectivity index (χ3n) is 3.50. The zero-order valence-corrected chi connectivity index (χ0v) is 15.1. The van der Waals surface area contributed by atoms with Crippen LogP contribution in [0.3, 0.4) is 0 Å². The Balaban J connectivity index is 1.69. The lowest BCUT2D eigenvalue weighted by Gasteiger charge is -2.07. The van der Waals surface area contributed by atoms with Crippen molar-refractivity contribution in [2.75, 3.05) is 0 Å². The van der Waals surface area contributed by atoms with Gasteiger partial charge in [0.05, 0.1) is 12.5 Å². The summed E-state index contributed by atoms with van der Waals surface area (Å²) < 4.78 is 34.8. The summed E-state index contributed by atoms with van der Waals surface area (Å²) in [5.74, 6) is -0.226. The minimum absolute atomic E-state index is 0.0675. The molecule has 0 aliphatic heterocycles. The van der Waals surface area contributed by atoms with Gasteiger partial charge in [-0.1, -0.05) is 29.8 Å². The molecule has 0 aliphatic carbocycles. The summed E-state index contributed by atoms with van der Waals surface area (Å²) >= 11 is 0. The van der Waals surface area contributed by atoms with E-state index in [1.807, 2.05) is 6.92 Å². The maximum absolute atomic E-state index is 12.3. The van der Waals surface area contributed by atoms with E-state index in [0.717, 1.165) is 5.56 Å². The van der Waals surface area contributed by atoms with E-state index in [1.54, 1.807) is 30.3 Å². The van der Waals surface area contributed by atoms with Gasteiger partial charge >= 0.3 is 16.0 Å². The summed E-state index contributed by atoms with van der Waals surface area (Å²) in [7, 11) is -3.94. The number of rotatable bonds is 6. The van der Waals surface area contributed by atoms with Crippen LogP contribution in [-0.2, 0) is 10.1 Å². The van der Waals surface area contributed by atoms with Crippen molar-refractivity contribution in [3.63, 3.8) is 0 Å². The van der Waals surface area contributed by atoms with Gasteiger partial charge in [0.2, 0.25) is 0 Å². The van der Waals surface area contributed by atoms with E-state index in [0.29, 0.717) is 5.56 Å². The second-order valence-corrected chi connectivity index (χ2v) is 7.15. The molecule has 1 aromatic heterocycles. The van der Waals surface area contributed by atoms with E-state index >= 15 is 0 Å². The predicted octanol–water partition coefficient (Wildman–Crippen LogP) is 3.12. The van der Waals surface area contributed by atoms with Gasteiger partial charge in [0.15, 0.2) is 5.76 Å². The quantitative estimate of drug-likeness (QED) is 0.400. The molecule has 0 fully saturated rings. The van der Waals surface area contributed by atoms with Crippen molar-refractivity contribution in [2.45, 2.75) is 11.8 Å². The first kappa shape index (κ1) is 18.4. The Labute approximate surface area is 156 Å². The molecule has 2 aromatic carbocycles. The number of carbonyl (C=O) groups is 1. The summed E-state index contributed by atoms with van der Waals surface area (Å²) in [6.45, 7) is 1.87. The lowest BCUT2D eigenvalue weighted by molar-refractivity contribution is 0.0927. The molecule has 0 aliphatic rings. The first-order chi connectivity index (χ1) is 12.9. The summed E-state index contributed by atoms with van der Waals surface area (Å²) in [6.07, 6.45) is 2.75. The van der Waals surface area contributed by atoms with Crippen LogP contribution in [0.15, 0.2) is 81.3 Å². The number of furan rings is 1. The van der Waals surface area contributed by atoms with Gasteiger partial charge in [-0.2, -0.15) is 13.5 Å². The van der Waals surface area contributed by atoms with Crippen LogP contribution in [0.25, 0.3) is 0 Å². The van der Waals surface area contributed by atoms with E-state index in [1.165, 1.54) is 42.8 Å². The lowest BCUT2D eigenvalue weighted by Crippen LogP contribution is -2.16. The first-order valence-corrected chi connectivity index (χ1v) is 9.33. The Bertz CT molecular complexity index is 1060. The molecule has 0 saturated heterocycles. The topological polar surface area (TPSA) is 98.0 Å². The molecule has 0 saturated carbocycles. The van der Waals surface area contributed by atoms with E-state index in [2.05, 4.69) is 10.5 Å². The Morgan fingerprint density at radius 2 is 1.89 bits per heavy atom. The molecule has 0 atom stereocenters. The highest BCUT2D eigenvalue weighted by molar-refractivity contribution is 7.87. The molecule has 1 amide bonds. The van der Waals surface area contributed by atoms with Crippen LogP contribution >= 0.6 is 0 Å². The van der Waals surface area contributed by atoms with Gasteiger partial charge in [0.25, 0.3) is 0 Å². The lowest BCUT2D eigenvalue weighted by atomic mass is 10.2. The monoisotopic (exact) mass is 384 g/mol. The van der Waals surface area contributed by atoms with Crippen LogP contribution in [0.5, 0.6) is 5.75 Å². The highest BCUT2D eigenvalue weighted by Gasteiger charge is 2.16. The molecule has 3 rings (SSSR count). The number of nitrogens with one attached hydrogen (secondary N) is 1. The Morgan fingerprint density at radius 1 is 1.11 bits per heavy atom. The van der Waals surface area contributed by atoms with Crippen molar-refractivity contribution in [3.8, 4) is 5.75 Å². The highest BCUT2D eigenvalue weighted by atomic mass is 32.2. The van der Waals surface area contributed by atoms with Gasteiger partial charge in [-0.3, -0.25) is 4.79 Å². The van der Waals surface area contributed by atoms with Gasteiger partial charge in [-0.15, -0.1) is 0 Å². The molecule has 8 heteroatoms. The number of hydrogen-bond donors (Lipinski definition) is 1. The second-order valence-electron chi connectivity index (χ2n) is 5.60. The summed E-state index contributed by atoms with van der Waals surface area (Å²) in [5, 5.41) is 3.81. The average Bonchev–Trinajstić information content (AvgIpc) is 3.17. The molecule has 0 radical (unpaired) electrons. The van der Waals surface area contributed by atoms with Crippen molar-refractivity contribution < 1.29 is 21.8 Å². The maximum atomic E-state index is 12.3. The van der Waals surface area contributed by atoms with Gasteiger partial charge in [-0.05, 0) is 48.9 Å². The van der Waals surface area contributed by atoms with Gasteiger partial charge < -0.3 is 8.60 Å². The Kier molecular flexibility index (Phi) is 5.37. The molecule has 7 nitrogen and oxygen atoms in total. The Morgan fingerprint density at radius 3 is 2.59 bits per heavy atom. The van der Waals surface area contributed by atoms with Crippen molar-refractivity contribution >= 4 is 22.2 Å². The molecular formula is C19H16N2O5S. The molecule has 0 bridgehead atoms. The number of aryl methyl sites for hydroxylation is 1. The van der Waals surface area contributed by atoms with Crippen molar-refractivity contribution in [1.29, 1.82) is 0 Å². The fourth-order valence-corrected chi connectivity index (χ4v) is 3.08. The molecular weight excluding hydrogens is 368 g/mol. The van der Waals surface area contributed by atoms with Crippen LogP contribution < -0.4 is 9.61 Å². The number of amides is 1. The third kappa shape index (κ3) is 4.83. The first-order valence-electron chi connectivity index (χ1n) is 7.92. The number of carbonyl (C=O) groups excluding carboxylic acids is 1. The van der Waals surface area contributed by atoms with E-state index in [-0.39, 0.29) is 16.4 Å². The van der Waals surface area contributed by atoms with E-state index in [9.17, 15) is 13.2 Å². The van der Waals surface area contributed by atoms with Crippen molar-refractivity contribution in [2.24, 2.45) is 5.10 Å². The fraction of sp³-hybridized carbons (Fsp3) is 0.0526. The van der Waals surface area contributed by atoms with Crippen molar-refractivity contribution in [3.05, 3.63) is 83.8 Å². The molecule has 1 N–H and O–H groups in total. The van der Waals surface area contributed by atoms with E-state index in [4.69, 9.17) is 8.60 Å². The number of benzene rings is 2. The minimum Gasteiger partial charge on any atom is -0.459 e. The van der Waals surface area contributed by atoms with Gasteiger partial charge in [-0.25, -0.2) is 5.43 Å². The van der Waals surface area contributed by atoms with Gasteiger partial charge in [0.1, 0.15) is 10.6 Å². The highest BCUT2D eigenvalue weighted by Crippen LogP contribution is 2.19. The van der Waals surface area contributed by atoms with Crippen LogP contribution in [0, 0.1) is 6.92 Å². The maximum Gasteiger partial charge on any atom is 0.339 e. The molecule has 3 aromatic rings. The summed E-state index contributed by atoms with van der Waals surface area (Å²) in [5.41, 5.74) is 3.81. The van der Waals surface area contributed by atoms with Gasteiger partial charge in [0, 0.05) is 0 Å². The molecule has 27 heavy (non-hydrogen) atoms. The summed E-state index contributed by atoms with van der Waals surface area (Å²) in [4.78, 5) is 11.8. The van der Waals surface area contributed by atoms with Crippen LogP contribution in [0.2, 0.25) is 0 Å². The average molecular weight is 384 g/mol. The second kappa shape index (κ2) is 7.88. The standard InChI is InChI=1S/C19H16N2O5S/c1-14-7-9-17(10-8-14)27(23,24)26-16-5-2-4-15(12-16)13-20-21-19(22)18-6-3-11-25-18/h2-13H,1H3,(H,21,22)/b20-13-. The molecule has 138 valence electrons.